The minimum Gasteiger partial charge on any atom is -0.337 e. The van der Waals surface area contributed by atoms with Gasteiger partial charge in [-0.25, -0.2) is 0 Å². The van der Waals surface area contributed by atoms with Gasteiger partial charge in [-0.1, -0.05) is 12.1 Å². The van der Waals surface area contributed by atoms with Crippen molar-refractivity contribution in [1.82, 2.24) is 10.2 Å². The predicted molar refractivity (Wildman–Crippen MR) is 78.2 cm³/mol. The molecule has 21 heavy (non-hydrogen) atoms. The number of hydrogen-bond donors (Lipinski definition) is 1. The van der Waals surface area contributed by atoms with E-state index in [1.54, 1.807) is 4.90 Å². The monoisotopic (exact) mass is 282 g/mol. The number of carbonyl (C=O) groups excluding carboxylic acids is 1. The van der Waals surface area contributed by atoms with Gasteiger partial charge in [0.15, 0.2) is 0 Å². The quantitative estimate of drug-likeness (QED) is 0.889. The molecule has 1 amide bonds. The molecule has 0 saturated carbocycles. The van der Waals surface area contributed by atoms with Gasteiger partial charge in [0.25, 0.3) is 5.91 Å². The number of benzene rings is 1. The highest BCUT2D eigenvalue weighted by molar-refractivity contribution is 5.96. The van der Waals surface area contributed by atoms with E-state index < -0.39 is 0 Å². The van der Waals surface area contributed by atoms with E-state index in [0.29, 0.717) is 18.7 Å². The van der Waals surface area contributed by atoms with Crippen LogP contribution in [0.15, 0.2) is 18.2 Å². The molecule has 0 aromatic heterocycles. The maximum atomic E-state index is 12.7. The fourth-order valence-electron chi connectivity index (χ4n) is 2.59. The van der Waals surface area contributed by atoms with Gasteiger partial charge < -0.3 is 10.2 Å². The van der Waals surface area contributed by atoms with Gasteiger partial charge in [0.05, 0.1) is 25.0 Å². The molecule has 1 N–H and O–H groups in total. The predicted octanol–water partition coefficient (Wildman–Crippen LogP) is 1.60. The van der Waals surface area contributed by atoms with Crippen molar-refractivity contribution < 1.29 is 4.79 Å². The summed E-state index contributed by atoms with van der Waals surface area (Å²) in [7, 11) is 0. The number of nitrogens with one attached hydrogen (secondary N) is 1. The Hall–Kier alpha value is -2.37. The number of rotatable bonds is 5. The molecule has 0 unspecified atom stereocenters. The third kappa shape index (κ3) is 3.59. The number of nitrogens with zero attached hydrogens (tertiary/aromatic N) is 3. The smallest absolute Gasteiger partial charge is 0.254 e. The summed E-state index contributed by atoms with van der Waals surface area (Å²) in [5, 5.41) is 20.7. The SMILES string of the molecule is N#CCCN(CCC#N)C(=O)c1cccc2c1CCNC2. The van der Waals surface area contributed by atoms with Gasteiger partial charge in [0.1, 0.15) is 0 Å². The van der Waals surface area contributed by atoms with E-state index in [1.807, 2.05) is 18.2 Å². The highest BCUT2D eigenvalue weighted by Gasteiger charge is 2.21. The van der Waals surface area contributed by atoms with E-state index in [9.17, 15) is 4.79 Å². The largest absolute Gasteiger partial charge is 0.337 e. The zero-order valence-electron chi connectivity index (χ0n) is 11.9. The number of hydrogen-bond acceptors (Lipinski definition) is 4. The van der Waals surface area contributed by atoms with Crippen LogP contribution in [0.4, 0.5) is 0 Å². The van der Waals surface area contributed by atoms with Gasteiger partial charge in [-0.05, 0) is 30.2 Å². The molecule has 5 heteroatoms. The number of carbonyl (C=O) groups is 1. The second-order valence-corrected chi connectivity index (χ2v) is 4.98. The van der Waals surface area contributed by atoms with E-state index in [4.69, 9.17) is 10.5 Å². The first-order valence-corrected chi connectivity index (χ1v) is 7.12. The molecule has 1 aliphatic rings. The normalized spacial score (nSPS) is 12.9. The van der Waals surface area contributed by atoms with Crippen molar-refractivity contribution in [3.63, 3.8) is 0 Å². The maximum Gasteiger partial charge on any atom is 0.254 e. The molecular formula is C16H18N4O. The summed E-state index contributed by atoms with van der Waals surface area (Å²) in [6.45, 7) is 2.40. The standard InChI is InChI=1S/C16H18N4O/c17-7-2-10-20(11-3-8-18)16(21)15-5-1-4-13-12-19-9-6-14(13)15/h1,4-5,19H,2-3,6,9-12H2. The number of amides is 1. The van der Waals surface area contributed by atoms with Crippen LogP contribution in [0.2, 0.25) is 0 Å². The Morgan fingerprint density at radius 2 is 1.95 bits per heavy atom. The van der Waals surface area contributed by atoms with Crippen LogP contribution < -0.4 is 5.32 Å². The van der Waals surface area contributed by atoms with Gasteiger partial charge in [-0.15, -0.1) is 0 Å². The topological polar surface area (TPSA) is 79.9 Å². The van der Waals surface area contributed by atoms with Crippen LogP contribution in [-0.2, 0) is 13.0 Å². The van der Waals surface area contributed by atoms with E-state index >= 15 is 0 Å². The first kappa shape index (κ1) is 15.0. The van der Waals surface area contributed by atoms with Crippen LogP contribution in [0.3, 0.4) is 0 Å². The Bertz CT molecular complexity index is 579. The van der Waals surface area contributed by atoms with Gasteiger partial charge in [0, 0.05) is 25.2 Å². The molecule has 0 atom stereocenters. The Kier molecular flexibility index (Phi) is 5.31. The Morgan fingerprint density at radius 1 is 1.24 bits per heavy atom. The van der Waals surface area contributed by atoms with E-state index in [0.717, 1.165) is 30.6 Å². The summed E-state index contributed by atoms with van der Waals surface area (Å²) in [5.74, 6) is -0.0701. The lowest BCUT2D eigenvalue weighted by Gasteiger charge is -2.25. The summed E-state index contributed by atoms with van der Waals surface area (Å²) in [5.41, 5.74) is 2.97. The molecule has 0 bridgehead atoms. The molecule has 0 fully saturated rings. The summed E-state index contributed by atoms with van der Waals surface area (Å²) in [4.78, 5) is 14.3. The van der Waals surface area contributed by atoms with Gasteiger partial charge in [-0.2, -0.15) is 10.5 Å². The van der Waals surface area contributed by atoms with Crippen molar-refractivity contribution in [2.45, 2.75) is 25.8 Å². The molecule has 0 saturated heterocycles. The van der Waals surface area contributed by atoms with E-state index in [-0.39, 0.29) is 18.7 Å². The first-order valence-electron chi connectivity index (χ1n) is 7.12. The van der Waals surface area contributed by atoms with Crippen LogP contribution in [0, 0.1) is 22.7 Å². The van der Waals surface area contributed by atoms with Gasteiger partial charge >= 0.3 is 0 Å². The van der Waals surface area contributed by atoms with Crippen molar-refractivity contribution in [2.75, 3.05) is 19.6 Å². The molecule has 1 aliphatic heterocycles. The fraction of sp³-hybridized carbons (Fsp3) is 0.438. The van der Waals surface area contributed by atoms with E-state index in [2.05, 4.69) is 17.5 Å². The summed E-state index contributed by atoms with van der Waals surface area (Å²) in [6, 6.07) is 9.89. The Balaban J connectivity index is 2.24. The number of fused-ring (bicyclic) bond motifs is 1. The molecule has 5 nitrogen and oxygen atoms in total. The molecule has 1 aromatic rings. The maximum absolute atomic E-state index is 12.7. The molecule has 0 spiro atoms. The van der Waals surface area contributed by atoms with Crippen LogP contribution in [0.25, 0.3) is 0 Å². The third-order valence-electron chi connectivity index (χ3n) is 3.64. The molecule has 0 radical (unpaired) electrons. The van der Waals surface area contributed by atoms with Crippen molar-refractivity contribution in [3.05, 3.63) is 34.9 Å². The summed E-state index contributed by atoms with van der Waals surface area (Å²) < 4.78 is 0. The average Bonchev–Trinajstić information content (AvgIpc) is 2.54. The van der Waals surface area contributed by atoms with Crippen LogP contribution >= 0.6 is 0 Å². The van der Waals surface area contributed by atoms with Gasteiger partial charge in [0.2, 0.25) is 0 Å². The highest BCUT2D eigenvalue weighted by Crippen LogP contribution is 2.20. The van der Waals surface area contributed by atoms with Crippen molar-refractivity contribution in [3.8, 4) is 12.1 Å². The first-order chi connectivity index (χ1) is 10.3. The second kappa shape index (κ2) is 7.42. The molecule has 1 aromatic carbocycles. The lowest BCUT2D eigenvalue weighted by Crippen LogP contribution is -2.35. The summed E-state index contributed by atoms with van der Waals surface area (Å²) in [6.07, 6.45) is 1.41. The minimum atomic E-state index is -0.0701. The highest BCUT2D eigenvalue weighted by atomic mass is 16.2. The van der Waals surface area contributed by atoms with Crippen LogP contribution in [0.5, 0.6) is 0 Å². The molecule has 108 valence electrons. The lowest BCUT2D eigenvalue weighted by molar-refractivity contribution is 0.0761. The Labute approximate surface area is 124 Å². The fourth-order valence-corrected chi connectivity index (χ4v) is 2.59. The van der Waals surface area contributed by atoms with Gasteiger partial charge in [-0.3, -0.25) is 4.79 Å². The van der Waals surface area contributed by atoms with Crippen molar-refractivity contribution in [1.29, 1.82) is 10.5 Å². The molecule has 0 aliphatic carbocycles. The van der Waals surface area contributed by atoms with Crippen molar-refractivity contribution >= 4 is 5.91 Å². The minimum absolute atomic E-state index is 0.0701. The third-order valence-corrected chi connectivity index (χ3v) is 3.64. The Morgan fingerprint density at radius 3 is 2.62 bits per heavy atom. The van der Waals surface area contributed by atoms with Crippen LogP contribution in [0.1, 0.15) is 34.3 Å². The zero-order valence-corrected chi connectivity index (χ0v) is 11.9. The molecule has 2 rings (SSSR count). The van der Waals surface area contributed by atoms with E-state index in [1.165, 1.54) is 0 Å². The number of nitriles is 2. The summed E-state index contributed by atoms with van der Waals surface area (Å²) >= 11 is 0. The average molecular weight is 282 g/mol. The lowest BCUT2D eigenvalue weighted by atomic mass is 9.94. The van der Waals surface area contributed by atoms with Crippen LogP contribution in [-0.4, -0.2) is 30.4 Å². The second-order valence-electron chi connectivity index (χ2n) is 4.98. The zero-order chi connectivity index (χ0) is 15.1. The van der Waals surface area contributed by atoms with Crippen molar-refractivity contribution in [2.24, 2.45) is 0 Å². The molecule has 1 heterocycles. The molecular weight excluding hydrogens is 264 g/mol.